The van der Waals surface area contributed by atoms with Gasteiger partial charge in [0.15, 0.2) is 5.11 Å². The van der Waals surface area contributed by atoms with Crippen molar-refractivity contribution >= 4 is 99.1 Å². The number of carboxylic acids is 3. The largest absolute Gasteiger partial charge is 0.481 e. The molecule has 27 heteroatoms. The quantitative estimate of drug-likeness (QED) is 0.0256. The first-order valence-electron chi connectivity index (χ1n) is 24.5. The van der Waals surface area contributed by atoms with Gasteiger partial charge in [-0.15, -0.1) is 0 Å². The third kappa shape index (κ3) is 26.7. The van der Waals surface area contributed by atoms with E-state index >= 15 is 0 Å². The number of carbonyl (C=O) groups is 9. The van der Waals surface area contributed by atoms with Gasteiger partial charge in [0.05, 0.1) is 26.2 Å². The third-order valence-electron chi connectivity index (χ3n) is 12.1. The summed E-state index contributed by atoms with van der Waals surface area (Å²) in [4.78, 5) is 118. The predicted octanol–water partition coefficient (Wildman–Crippen LogP) is -0.909. The first-order valence-corrected chi connectivity index (χ1v) is 26.0. The fourth-order valence-corrected chi connectivity index (χ4v) is 8.88. The van der Waals surface area contributed by atoms with E-state index in [2.05, 4.69) is 43.9 Å². The average molecular weight is 1180 g/mol. The van der Waals surface area contributed by atoms with Crippen molar-refractivity contribution in [3.05, 3.63) is 63.2 Å². The zero-order chi connectivity index (χ0) is 55.5. The van der Waals surface area contributed by atoms with Gasteiger partial charge < -0.3 is 64.4 Å². The van der Waals surface area contributed by atoms with Crippen molar-refractivity contribution in [3.63, 3.8) is 0 Å². The number of hydrogen-bond donors (Lipinski definition) is 11. The number of amides is 7. The third-order valence-corrected chi connectivity index (χ3v) is 13.1. The molecule has 2 aromatic rings. The number of unbranched alkanes of at least 4 members (excludes halogenated alkanes) is 2. The lowest BCUT2D eigenvalue weighted by atomic mass is 10.0. The van der Waals surface area contributed by atoms with Crippen molar-refractivity contribution in [2.75, 3.05) is 90.4 Å². The summed E-state index contributed by atoms with van der Waals surface area (Å²) in [7, 11) is 0. The van der Waals surface area contributed by atoms with Gasteiger partial charge in [0.25, 0.3) is 0 Å². The summed E-state index contributed by atoms with van der Waals surface area (Å²) in [6.07, 6.45) is 1.62. The number of halogens is 1. The molecule has 1 aliphatic heterocycles. The lowest BCUT2D eigenvalue weighted by molar-refractivity contribution is -0.141. The number of nitrogens with zero attached hydrogens (tertiary/aromatic N) is 5. The highest BCUT2D eigenvalue weighted by Gasteiger charge is 2.28. The van der Waals surface area contributed by atoms with E-state index in [0.29, 0.717) is 108 Å². The van der Waals surface area contributed by atoms with Gasteiger partial charge in [-0.2, -0.15) is 0 Å². The molecule has 3 rings (SSSR count). The summed E-state index contributed by atoms with van der Waals surface area (Å²) < 4.78 is 1.03. The number of nitrogens with two attached hydrogens (primary N) is 4. The van der Waals surface area contributed by atoms with Crippen LogP contribution in [0.3, 0.4) is 0 Å². The van der Waals surface area contributed by atoms with Crippen LogP contribution in [0.2, 0.25) is 0 Å². The van der Waals surface area contributed by atoms with Crippen LogP contribution >= 0.6 is 34.8 Å². The second kappa shape index (κ2) is 33.6. The summed E-state index contributed by atoms with van der Waals surface area (Å²) in [5.41, 5.74) is 25.0. The minimum absolute atomic E-state index is 0.0102. The van der Waals surface area contributed by atoms with Crippen LogP contribution in [0, 0.1) is 3.57 Å². The summed E-state index contributed by atoms with van der Waals surface area (Å²) in [6.45, 7) is 3.40. The number of aliphatic carboxylic acids is 3. The molecule has 2 aromatic carbocycles. The van der Waals surface area contributed by atoms with Crippen LogP contribution in [0.1, 0.15) is 62.5 Å². The number of thiocarbonyl (C=S) groups is 1. The minimum atomic E-state index is -1.53. The summed E-state index contributed by atoms with van der Waals surface area (Å²) in [5, 5.41) is 39.0. The molecular weight excluding hydrogens is 1110 g/mol. The number of carbonyl (C=O) groups excluding carboxylic acids is 6. The van der Waals surface area contributed by atoms with Crippen molar-refractivity contribution in [2.45, 2.75) is 82.5 Å². The lowest BCUT2D eigenvalue weighted by Crippen LogP contribution is -2.54. The molecule has 1 fully saturated rings. The number of anilines is 1. The van der Waals surface area contributed by atoms with E-state index in [-0.39, 0.29) is 57.4 Å². The Morgan fingerprint density at radius 1 is 0.640 bits per heavy atom. The predicted molar refractivity (Wildman–Crippen MR) is 289 cm³/mol. The zero-order valence-corrected chi connectivity index (χ0v) is 44.9. The molecular formula is C48H72IN13O12S. The van der Waals surface area contributed by atoms with Crippen LogP contribution in [0.15, 0.2) is 48.5 Å². The molecule has 0 radical (unpaired) electrons. The average Bonchev–Trinajstić information content (AvgIpc) is 3.32. The van der Waals surface area contributed by atoms with Crippen LogP contribution < -0.4 is 44.2 Å². The second-order valence-electron chi connectivity index (χ2n) is 18.3. The number of hydrogen-bond acceptors (Lipinski definition) is 14. The number of carboxylic acid groups (broad SMARTS) is 3. The zero-order valence-electron chi connectivity index (χ0n) is 42.0. The van der Waals surface area contributed by atoms with Crippen molar-refractivity contribution in [1.82, 2.24) is 40.4 Å². The number of benzene rings is 2. The molecule has 7 amide bonds. The van der Waals surface area contributed by atoms with Crippen molar-refractivity contribution < 1.29 is 58.5 Å². The standard InChI is InChI=1S/C48H72IN13O12S/c49-34-11-7-33(8-12-34)26-62(18-4-2-5-37(45(70)71)56-47(74)57-38(46(72)73)15-16-44(68)69)43(67)6-1-3-17-54-48(75)55-35-13-9-32(10-14-35)25-36-27-60(30-41(52)65)22-21-58(28-39(50)63)19-20-59(29-40(51)64)23-24-61(36)31-42(53)66/h7-14,36-38H,1-6,15-31H2,(H2,50,63)(H2,51,64)(H2,52,65)(H2,53,66)(H,68,69)(H,70,71)(H,72,73)(H2,54,55,75)(H2,56,57,74)/t36?,37-,38-/m1/s1. The van der Waals surface area contributed by atoms with E-state index in [4.69, 9.17) is 40.3 Å². The van der Waals surface area contributed by atoms with Gasteiger partial charge in [-0.3, -0.25) is 48.4 Å². The van der Waals surface area contributed by atoms with Gasteiger partial charge in [0.2, 0.25) is 29.5 Å². The van der Waals surface area contributed by atoms with E-state index < -0.39 is 66.1 Å². The van der Waals surface area contributed by atoms with Crippen LogP contribution in [0.25, 0.3) is 0 Å². The Hall–Kier alpha value is -6.27. The van der Waals surface area contributed by atoms with E-state index in [1.807, 2.05) is 68.1 Å². The van der Waals surface area contributed by atoms with Crippen LogP contribution in [0.4, 0.5) is 10.5 Å². The van der Waals surface area contributed by atoms with Gasteiger partial charge in [0.1, 0.15) is 12.1 Å². The van der Waals surface area contributed by atoms with Gasteiger partial charge >= 0.3 is 23.9 Å². The molecule has 0 spiro atoms. The SMILES string of the molecule is NC(=O)CN1CCN(CC(N)=O)CCN(CC(N)=O)C(Cc2ccc(NC(=S)NCCCCC(=O)N(CCCC[C@@H](NC(=O)N[C@H](CCC(=O)O)C(=O)O)C(=O)O)Cc3ccc(I)cc3)cc2)CN(CC(N)=O)CC1. The molecule has 0 aromatic heterocycles. The fourth-order valence-electron chi connectivity index (χ4n) is 8.30. The molecule has 25 nitrogen and oxygen atoms in total. The van der Waals surface area contributed by atoms with Gasteiger partial charge in [0, 0.05) is 93.6 Å². The molecule has 414 valence electrons. The molecule has 0 bridgehead atoms. The smallest absolute Gasteiger partial charge is 0.326 e. The lowest BCUT2D eigenvalue weighted by Gasteiger charge is -2.38. The molecule has 0 saturated carbocycles. The molecule has 1 heterocycles. The fraction of sp³-hybridized carbons (Fsp3) is 0.542. The highest BCUT2D eigenvalue weighted by molar-refractivity contribution is 14.1. The molecule has 1 saturated heterocycles. The van der Waals surface area contributed by atoms with Crippen molar-refractivity contribution in [3.8, 4) is 0 Å². The molecule has 1 unspecified atom stereocenters. The van der Waals surface area contributed by atoms with Crippen molar-refractivity contribution in [1.29, 1.82) is 0 Å². The summed E-state index contributed by atoms with van der Waals surface area (Å²) in [5.74, 6) is -6.30. The van der Waals surface area contributed by atoms with Crippen LogP contribution in [-0.2, 0) is 51.3 Å². The van der Waals surface area contributed by atoms with E-state index in [1.54, 1.807) is 4.90 Å². The Morgan fingerprint density at radius 3 is 1.71 bits per heavy atom. The number of urea groups is 1. The highest BCUT2D eigenvalue weighted by atomic mass is 127. The van der Waals surface area contributed by atoms with Gasteiger partial charge in [-0.05, 0) is 115 Å². The maximum atomic E-state index is 13.6. The van der Waals surface area contributed by atoms with Crippen LogP contribution in [-0.4, -0.2) is 202 Å². The maximum Gasteiger partial charge on any atom is 0.326 e. The van der Waals surface area contributed by atoms with Gasteiger partial charge in [-0.25, -0.2) is 14.4 Å². The first kappa shape index (κ1) is 63.0. The Labute approximate surface area is 454 Å². The Bertz CT molecular complexity index is 2250. The maximum absolute atomic E-state index is 13.6. The first-order chi connectivity index (χ1) is 35.6. The Balaban J connectivity index is 1.58. The number of nitrogens with one attached hydrogen (secondary N) is 4. The van der Waals surface area contributed by atoms with E-state index in [1.165, 1.54) is 0 Å². The second-order valence-corrected chi connectivity index (χ2v) is 19.9. The molecule has 15 N–H and O–H groups in total. The van der Waals surface area contributed by atoms with Crippen LogP contribution in [0.5, 0.6) is 0 Å². The summed E-state index contributed by atoms with van der Waals surface area (Å²) in [6, 6.07) is 11.0. The number of rotatable bonds is 30. The highest BCUT2D eigenvalue weighted by Crippen LogP contribution is 2.17. The molecule has 75 heavy (non-hydrogen) atoms. The van der Waals surface area contributed by atoms with E-state index in [9.17, 15) is 53.4 Å². The topological polar surface area (TPSA) is 383 Å². The minimum Gasteiger partial charge on any atom is -0.481 e. The molecule has 1 aliphatic rings. The molecule has 0 aliphatic carbocycles. The summed E-state index contributed by atoms with van der Waals surface area (Å²) >= 11 is 7.76. The monoisotopic (exact) mass is 1180 g/mol. The van der Waals surface area contributed by atoms with Gasteiger partial charge in [-0.1, -0.05) is 24.3 Å². The number of primary amides is 4. The Morgan fingerprint density at radius 2 is 1.16 bits per heavy atom. The Kier molecular flexibility index (Phi) is 28.2. The normalized spacial score (nSPS) is 15.9. The van der Waals surface area contributed by atoms with E-state index in [0.717, 1.165) is 14.7 Å². The molecule has 3 atom stereocenters. The van der Waals surface area contributed by atoms with Crippen molar-refractivity contribution in [2.24, 2.45) is 22.9 Å².